The van der Waals surface area contributed by atoms with Gasteiger partial charge >= 0.3 is 5.69 Å². The van der Waals surface area contributed by atoms with Crippen LogP contribution in [0.25, 0.3) is 0 Å². The molecule has 0 radical (unpaired) electrons. The molecule has 1 unspecified atom stereocenters. The molecule has 0 aliphatic rings. The van der Waals surface area contributed by atoms with E-state index in [0.29, 0.717) is 12.2 Å². The number of hydrogen-bond acceptors (Lipinski definition) is 3. The Hall–Kier alpha value is -1.65. The zero-order chi connectivity index (χ0) is 12.1. The number of hydrogen-bond donors (Lipinski definition) is 0. The fourth-order valence-corrected chi connectivity index (χ4v) is 1.35. The molecule has 1 aromatic rings. The first-order valence-electron chi connectivity index (χ1n) is 5.07. The summed E-state index contributed by atoms with van der Waals surface area (Å²) >= 11 is 0. The van der Waals surface area contributed by atoms with E-state index in [-0.39, 0.29) is 17.4 Å². The molecule has 0 spiro atoms. The Morgan fingerprint density at radius 1 is 1.56 bits per heavy atom. The van der Waals surface area contributed by atoms with Crippen molar-refractivity contribution in [1.82, 2.24) is 0 Å². The van der Waals surface area contributed by atoms with Crippen molar-refractivity contribution >= 4 is 5.69 Å². The van der Waals surface area contributed by atoms with E-state index < -0.39 is 11.6 Å². The van der Waals surface area contributed by atoms with Gasteiger partial charge in [0.05, 0.1) is 18.2 Å². The van der Waals surface area contributed by atoms with E-state index in [1.807, 2.05) is 0 Å². The highest BCUT2D eigenvalue weighted by Crippen LogP contribution is 2.30. The maximum absolute atomic E-state index is 12.5. The lowest BCUT2D eigenvalue weighted by atomic mass is 10.0. The summed E-state index contributed by atoms with van der Waals surface area (Å²) in [5, 5.41) is 10.7. The lowest BCUT2D eigenvalue weighted by Gasteiger charge is -2.10. The van der Waals surface area contributed by atoms with Crippen molar-refractivity contribution in [2.75, 3.05) is 13.3 Å². The molecule has 16 heavy (non-hydrogen) atoms. The highest BCUT2D eigenvalue weighted by molar-refractivity contribution is 5.49. The van der Waals surface area contributed by atoms with E-state index in [0.717, 1.165) is 0 Å². The number of nitro benzene ring substituents is 1. The first-order chi connectivity index (χ1) is 7.60. The van der Waals surface area contributed by atoms with Gasteiger partial charge in [0.2, 0.25) is 0 Å². The van der Waals surface area contributed by atoms with E-state index in [4.69, 9.17) is 4.74 Å². The van der Waals surface area contributed by atoms with Crippen LogP contribution < -0.4 is 4.74 Å². The zero-order valence-electron chi connectivity index (χ0n) is 9.27. The van der Waals surface area contributed by atoms with Gasteiger partial charge in [-0.25, -0.2) is 0 Å². The molecule has 88 valence electrons. The minimum absolute atomic E-state index is 0.0864. The van der Waals surface area contributed by atoms with Gasteiger partial charge in [0, 0.05) is 12.0 Å². The molecule has 1 rings (SSSR count). The molecule has 1 aromatic carbocycles. The van der Waals surface area contributed by atoms with Crippen molar-refractivity contribution in [3.05, 3.63) is 33.9 Å². The predicted octanol–water partition coefficient (Wildman–Crippen LogP) is 3.07. The SMILES string of the molecule is CCOc1cc(C(C)CF)ccc1[N+](=O)[O-]. The molecule has 0 amide bonds. The Morgan fingerprint density at radius 2 is 2.25 bits per heavy atom. The molecular formula is C11H14FNO3. The van der Waals surface area contributed by atoms with Gasteiger partial charge in [-0.2, -0.15) is 0 Å². The normalized spacial score (nSPS) is 12.2. The standard InChI is InChI=1S/C11H14FNO3/c1-3-16-11-6-9(8(2)7-12)4-5-10(11)13(14)15/h4-6,8H,3,7H2,1-2H3. The highest BCUT2D eigenvalue weighted by Gasteiger charge is 2.17. The van der Waals surface area contributed by atoms with Crippen LogP contribution in [0.3, 0.4) is 0 Å². The molecule has 0 bridgehead atoms. The van der Waals surface area contributed by atoms with Crippen LogP contribution in [0.4, 0.5) is 10.1 Å². The van der Waals surface area contributed by atoms with Gasteiger partial charge in [0.15, 0.2) is 5.75 Å². The van der Waals surface area contributed by atoms with Crippen molar-refractivity contribution < 1.29 is 14.1 Å². The quantitative estimate of drug-likeness (QED) is 0.573. The number of halogens is 1. The van der Waals surface area contributed by atoms with Crippen molar-refractivity contribution in [3.8, 4) is 5.75 Å². The second-order valence-corrected chi connectivity index (χ2v) is 3.47. The lowest BCUT2D eigenvalue weighted by Crippen LogP contribution is -2.01. The van der Waals surface area contributed by atoms with Crippen molar-refractivity contribution in [1.29, 1.82) is 0 Å². The van der Waals surface area contributed by atoms with Crippen LogP contribution in [0.15, 0.2) is 18.2 Å². The van der Waals surface area contributed by atoms with E-state index in [2.05, 4.69) is 0 Å². The van der Waals surface area contributed by atoms with Crippen LogP contribution in [-0.4, -0.2) is 18.2 Å². The third-order valence-corrected chi connectivity index (χ3v) is 2.28. The average Bonchev–Trinajstić information content (AvgIpc) is 2.28. The van der Waals surface area contributed by atoms with E-state index in [1.54, 1.807) is 19.9 Å². The number of alkyl halides is 1. The van der Waals surface area contributed by atoms with E-state index in [9.17, 15) is 14.5 Å². The van der Waals surface area contributed by atoms with Gasteiger partial charge in [-0.3, -0.25) is 14.5 Å². The molecule has 0 heterocycles. The van der Waals surface area contributed by atoms with Gasteiger partial charge in [0.25, 0.3) is 0 Å². The minimum atomic E-state index is -0.505. The van der Waals surface area contributed by atoms with Crippen LogP contribution in [-0.2, 0) is 0 Å². The maximum atomic E-state index is 12.5. The second-order valence-electron chi connectivity index (χ2n) is 3.47. The molecule has 0 fully saturated rings. The van der Waals surface area contributed by atoms with Gasteiger partial charge in [-0.15, -0.1) is 0 Å². The molecule has 0 N–H and O–H groups in total. The van der Waals surface area contributed by atoms with Crippen LogP contribution in [0.2, 0.25) is 0 Å². The summed E-state index contributed by atoms with van der Waals surface area (Å²) in [6.45, 7) is 3.31. The monoisotopic (exact) mass is 227 g/mol. The van der Waals surface area contributed by atoms with Crippen LogP contribution >= 0.6 is 0 Å². The number of nitro groups is 1. The smallest absolute Gasteiger partial charge is 0.310 e. The summed E-state index contributed by atoms with van der Waals surface area (Å²) < 4.78 is 17.6. The highest BCUT2D eigenvalue weighted by atomic mass is 19.1. The molecule has 0 aliphatic heterocycles. The van der Waals surface area contributed by atoms with E-state index in [1.165, 1.54) is 12.1 Å². The molecule has 4 nitrogen and oxygen atoms in total. The van der Waals surface area contributed by atoms with Gasteiger partial charge in [-0.05, 0) is 18.6 Å². The van der Waals surface area contributed by atoms with Crippen LogP contribution in [0.5, 0.6) is 5.75 Å². The van der Waals surface area contributed by atoms with Gasteiger partial charge in [-0.1, -0.05) is 13.0 Å². The average molecular weight is 227 g/mol. The molecule has 0 aliphatic carbocycles. The molecular weight excluding hydrogens is 213 g/mol. The minimum Gasteiger partial charge on any atom is -0.487 e. The van der Waals surface area contributed by atoms with Crippen LogP contribution in [0.1, 0.15) is 25.3 Å². The number of benzene rings is 1. The summed E-state index contributed by atoms with van der Waals surface area (Å²) in [5.41, 5.74) is 0.619. The maximum Gasteiger partial charge on any atom is 0.310 e. The number of ether oxygens (including phenoxy) is 1. The molecule has 5 heteroatoms. The van der Waals surface area contributed by atoms with Crippen LogP contribution in [0, 0.1) is 10.1 Å². The summed E-state index contributed by atoms with van der Waals surface area (Å²) in [5.74, 6) is -0.0784. The fraction of sp³-hybridized carbons (Fsp3) is 0.455. The second kappa shape index (κ2) is 5.44. The summed E-state index contributed by atoms with van der Waals surface area (Å²) in [6, 6.07) is 4.45. The first kappa shape index (κ1) is 12.4. The van der Waals surface area contributed by atoms with E-state index >= 15 is 0 Å². The molecule has 0 saturated heterocycles. The number of nitrogens with zero attached hydrogens (tertiary/aromatic N) is 1. The molecule has 1 atom stereocenters. The summed E-state index contributed by atoms with van der Waals surface area (Å²) in [4.78, 5) is 10.2. The Morgan fingerprint density at radius 3 is 2.75 bits per heavy atom. The Bertz CT molecular complexity index is 381. The topological polar surface area (TPSA) is 52.4 Å². The van der Waals surface area contributed by atoms with Crippen molar-refractivity contribution in [2.24, 2.45) is 0 Å². The van der Waals surface area contributed by atoms with Gasteiger partial charge < -0.3 is 4.74 Å². The molecule has 0 saturated carbocycles. The largest absolute Gasteiger partial charge is 0.487 e. The fourth-order valence-electron chi connectivity index (χ4n) is 1.35. The number of rotatable bonds is 5. The molecule has 0 aromatic heterocycles. The van der Waals surface area contributed by atoms with Gasteiger partial charge in [0.1, 0.15) is 0 Å². The Kier molecular flexibility index (Phi) is 4.22. The predicted molar refractivity (Wildman–Crippen MR) is 58.7 cm³/mol. The summed E-state index contributed by atoms with van der Waals surface area (Å²) in [6.07, 6.45) is 0. The van der Waals surface area contributed by atoms with Crippen molar-refractivity contribution in [2.45, 2.75) is 19.8 Å². The Labute approximate surface area is 93.2 Å². The first-order valence-corrected chi connectivity index (χ1v) is 5.07. The third kappa shape index (κ3) is 2.68. The lowest BCUT2D eigenvalue weighted by molar-refractivity contribution is -0.385. The van der Waals surface area contributed by atoms with Crippen molar-refractivity contribution in [3.63, 3.8) is 0 Å². The summed E-state index contributed by atoms with van der Waals surface area (Å²) in [7, 11) is 0. The zero-order valence-corrected chi connectivity index (χ0v) is 9.27. The third-order valence-electron chi connectivity index (χ3n) is 2.28. The Balaban J connectivity index is 3.11.